The Kier molecular flexibility index (Phi) is 1.48. The van der Waals surface area contributed by atoms with Gasteiger partial charge in [0.2, 0.25) is 0 Å². The molecule has 0 radical (unpaired) electrons. The van der Waals surface area contributed by atoms with E-state index in [1.54, 1.807) is 0 Å². The van der Waals surface area contributed by atoms with Crippen molar-refractivity contribution in [3.05, 3.63) is 0 Å². The highest BCUT2D eigenvalue weighted by atomic mass is 16.5. The van der Waals surface area contributed by atoms with Gasteiger partial charge in [0, 0.05) is 31.2 Å². The fraction of sp³-hybridized carbons (Fsp3) is 1.00. The molecule has 1 saturated carbocycles. The van der Waals surface area contributed by atoms with E-state index < -0.39 is 0 Å². The van der Waals surface area contributed by atoms with E-state index in [4.69, 9.17) is 4.74 Å². The lowest BCUT2D eigenvalue weighted by Crippen LogP contribution is -2.63. The summed E-state index contributed by atoms with van der Waals surface area (Å²) < 4.78 is 5.48. The summed E-state index contributed by atoms with van der Waals surface area (Å²) in [5.74, 6) is 0. The van der Waals surface area contributed by atoms with Gasteiger partial charge < -0.3 is 10.1 Å². The minimum atomic E-state index is 0.562. The van der Waals surface area contributed by atoms with E-state index in [1.165, 1.54) is 19.4 Å². The second kappa shape index (κ2) is 2.44. The number of piperazine rings is 1. The summed E-state index contributed by atoms with van der Waals surface area (Å²) in [6, 6.07) is 0.662. The van der Waals surface area contributed by atoms with Crippen LogP contribution in [-0.2, 0) is 4.74 Å². The molecule has 2 aliphatic heterocycles. The molecule has 2 heterocycles. The molecule has 0 aromatic heterocycles. The predicted octanol–water partition coefficient (Wildman–Crippen LogP) is -0.177. The lowest BCUT2D eigenvalue weighted by atomic mass is 10.1. The van der Waals surface area contributed by atoms with E-state index in [2.05, 4.69) is 10.2 Å². The molecule has 12 heavy (non-hydrogen) atoms. The van der Waals surface area contributed by atoms with E-state index in [0.717, 1.165) is 26.3 Å². The van der Waals surface area contributed by atoms with Crippen molar-refractivity contribution in [1.29, 1.82) is 0 Å². The number of nitrogens with one attached hydrogen (secondary N) is 1. The van der Waals surface area contributed by atoms with Gasteiger partial charge in [0.25, 0.3) is 0 Å². The molecular weight excluding hydrogens is 152 g/mol. The molecule has 3 fully saturated rings. The number of ether oxygens (including phenoxy) is 1. The molecule has 3 heteroatoms. The Morgan fingerprint density at radius 2 is 2.33 bits per heavy atom. The molecule has 68 valence electrons. The monoisotopic (exact) mass is 168 g/mol. The van der Waals surface area contributed by atoms with Crippen molar-refractivity contribution in [3.63, 3.8) is 0 Å². The zero-order chi connectivity index (χ0) is 8.02. The first kappa shape index (κ1) is 7.30. The molecular formula is C9H16N2O. The topological polar surface area (TPSA) is 24.5 Å². The molecule has 0 aromatic carbocycles. The summed E-state index contributed by atoms with van der Waals surface area (Å²) in [6.45, 7) is 5.38. The van der Waals surface area contributed by atoms with Gasteiger partial charge in [-0.1, -0.05) is 0 Å². The van der Waals surface area contributed by atoms with Gasteiger partial charge in [-0.25, -0.2) is 0 Å². The second-order valence-corrected chi connectivity index (χ2v) is 4.28. The Balaban J connectivity index is 1.80. The van der Waals surface area contributed by atoms with Crippen molar-refractivity contribution in [2.45, 2.75) is 24.4 Å². The van der Waals surface area contributed by atoms with Crippen LogP contribution in [0.3, 0.4) is 0 Å². The molecule has 1 atom stereocenters. The maximum Gasteiger partial charge on any atom is 0.0635 e. The largest absolute Gasteiger partial charge is 0.378 e. The molecule has 1 N–H and O–H groups in total. The van der Waals surface area contributed by atoms with Gasteiger partial charge in [0.1, 0.15) is 0 Å². The number of morpholine rings is 1. The highest BCUT2D eigenvalue weighted by molar-refractivity contribution is 5.10. The number of fused-ring (bicyclic) bond motifs is 2. The minimum Gasteiger partial charge on any atom is -0.378 e. The van der Waals surface area contributed by atoms with Crippen LogP contribution in [0.5, 0.6) is 0 Å². The molecule has 1 spiro atoms. The predicted molar refractivity (Wildman–Crippen MR) is 46.1 cm³/mol. The van der Waals surface area contributed by atoms with Crippen LogP contribution in [0.4, 0.5) is 0 Å². The summed E-state index contributed by atoms with van der Waals surface area (Å²) >= 11 is 0. The lowest BCUT2D eigenvalue weighted by molar-refractivity contribution is -0.0497. The van der Waals surface area contributed by atoms with Crippen molar-refractivity contribution in [2.75, 3.05) is 32.8 Å². The van der Waals surface area contributed by atoms with Crippen LogP contribution < -0.4 is 5.32 Å². The van der Waals surface area contributed by atoms with Gasteiger partial charge in [-0.15, -0.1) is 0 Å². The van der Waals surface area contributed by atoms with Crippen molar-refractivity contribution in [2.24, 2.45) is 0 Å². The Morgan fingerprint density at radius 1 is 1.42 bits per heavy atom. The van der Waals surface area contributed by atoms with Crippen molar-refractivity contribution in [3.8, 4) is 0 Å². The van der Waals surface area contributed by atoms with E-state index in [0.29, 0.717) is 11.6 Å². The van der Waals surface area contributed by atoms with Crippen LogP contribution in [0, 0.1) is 0 Å². The van der Waals surface area contributed by atoms with E-state index in [9.17, 15) is 0 Å². The molecule has 0 bridgehead atoms. The first-order chi connectivity index (χ1) is 5.91. The third-order valence-electron chi connectivity index (χ3n) is 3.50. The summed E-state index contributed by atoms with van der Waals surface area (Å²) in [5, 5.41) is 3.52. The second-order valence-electron chi connectivity index (χ2n) is 4.28. The quantitative estimate of drug-likeness (QED) is 0.543. The lowest BCUT2D eigenvalue weighted by Gasteiger charge is -2.45. The Morgan fingerprint density at radius 3 is 3.17 bits per heavy atom. The average Bonchev–Trinajstić information content (AvgIpc) is 2.87. The van der Waals surface area contributed by atoms with Crippen molar-refractivity contribution in [1.82, 2.24) is 10.2 Å². The maximum atomic E-state index is 5.48. The van der Waals surface area contributed by atoms with Crippen LogP contribution >= 0.6 is 0 Å². The highest BCUT2D eigenvalue weighted by Gasteiger charge is 2.52. The van der Waals surface area contributed by atoms with Crippen LogP contribution in [0.2, 0.25) is 0 Å². The maximum absolute atomic E-state index is 5.48. The van der Waals surface area contributed by atoms with Crippen LogP contribution in [0.15, 0.2) is 0 Å². The van der Waals surface area contributed by atoms with E-state index in [1.807, 2.05) is 0 Å². The van der Waals surface area contributed by atoms with Crippen LogP contribution in [-0.4, -0.2) is 49.3 Å². The van der Waals surface area contributed by atoms with Gasteiger partial charge in [-0.3, -0.25) is 4.90 Å². The van der Waals surface area contributed by atoms with Gasteiger partial charge in [0.15, 0.2) is 0 Å². The van der Waals surface area contributed by atoms with E-state index in [-0.39, 0.29) is 0 Å². The third kappa shape index (κ3) is 0.934. The molecule has 0 amide bonds. The minimum absolute atomic E-state index is 0.562. The molecule has 3 nitrogen and oxygen atoms in total. The Bertz CT molecular complexity index is 189. The fourth-order valence-corrected chi connectivity index (χ4v) is 2.63. The highest BCUT2D eigenvalue weighted by Crippen LogP contribution is 2.44. The van der Waals surface area contributed by atoms with Gasteiger partial charge >= 0.3 is 0 Å². The SMILES string of the molecule is C1CN2C(CNCC23CC3)CO1. The Hall–Kier alpha value is -0.120. The molecule has 2 saturated heterocycles. The van der Waals surface area contributed by atoms with Gasteiger partial charge in [0.05, 0.1) is 13.2 Å². The average molecular weight is 168 g/mol. The zero-order valence-corrected chi connectivity index (χ0v) is 7.38. The molecule has 1 aliphatic carbocycles. The first-order valence-corrected chi connectivity index (χ1v) is 4.96. The summed E-state index contributed by atoms with van der Waals surface area (Å²) in [7, 11) is 0. The van der Waals surface area contributed by atoms with Crippen molar-refractivity contribution < 1.29 is 4.74 Å². The van der Waals surface area contributed by atoms with Gasteiger partial charge in [-0.05, 0) is 12.8 Å². The summed E-state index contributed by atoms with van der Waals surface area (Å²) in [6.07, 6.45) is 2.80. The van der Waals surface area contributed by atoms with Crippen LogP contribution in [0.1, 0.15) is 12.8 Å². The normalized spacial score (nSPS) is 39.5. The number of nitrogens with zero attached hydrogens (tertiary/aromatic N) is 1. The zero-order valence-electron chi connectivity index (χ0n) is 7.38. The molecule has 0 aromatic rings. The molecule has 1 unspecified atom stereocenters. The summed E-state index contributed by atoms with van der Waals surface area (Å²) in [5.41, 5.74) is 0.562. The Labute approximate surface area is 73.1 Å². The van der Waals surface area contributed by atoms with Gasteiger partial charge in [-0.2, -0.15) is 0 Å². The third-order valence-corrected chi connectivity index (χ3v) is 3.50. The standard InChI is InChI=1S/C9H16N2O/c1-2-9(1)7-10-5-8-6-12-4-3-11(8)9/h8,10H,1-7H2. The first-order valence-electron chi connectivity index (χ1n) is 4.96. The summed E-state index contributed by atoms with van der Waals surface area (Å²) in [4.78, 5) is 2.69. The van der Waals surface area contributed by atoms with E-state index >= 15 is 0 Å². The number of hydrogen-bond acceptors (Lipinski definition) is 3. The number of hydrogen-bond donors (Lipinski definition) is 1. The smallest absolute Gasteiger partial charge is 0.0635 e. The number of rotatable bonds is 0. The fourth-order valence-electron chi connectivity index (χ4n) is 2.63. The van der Waals surface area contributed by atoms with Crippen LogP contribution in [0.25, 0.3) is 0 Å². The molecule has 3 aliphatic rings. The molecule has 3 rings (SSSR count). The van der Waals surface area contributed by atoms with Crippen molar-refractivity contribution >= 4 is 0 Å².